The Balaban J connectivity index is 2.82. The average Bonchev–Trinajstić information content (AvgIpc) is 1.61. The van der Waals surface area contributed by atoms with Crippen LogP contribution in [0.2, 0.25) is 0 Å². The van der Waals surface area contributed by atoms with Crippen LogP contribution in [0.4, 0.5) is 0 Å². The van der Waals surface area contributed by atoms with Gasteiger partial charge in [-0.1, -0.05) is 0 Å². The molecule has 0 amide bonds. The van der Waals surface area contributed by atoms with Crippen molar-refractivity contribution in [2.24, 2.45) is 0 Å². The number of Topliss-reactive ketones (excluding diaryl/α,β-unsaturated/α-hetero) is 1. The summed E-state index contributed by atoms with van der Waals surface area (Å²) in [5, 5.41) is 0. The van der Waals surface area contributed by atoms with Gasteiger partial charge in [0.25, 0.3) is 0 Å². The van der Waals surface area contributed by atoms with Crippen molar-refractivity contribution < 1.29 is 4.79 Å². The van der Waals surface area contributed by atoms with Gasteiger partial charge in [-0.05, 0) is 26.7 Å². The van der Waals surface area contributed by atoms with Crippen LogP contribution < -0.4 is 0 Å². The van der Waals surface area contributed by atoms with Crippen LogP contribution in [0.15, 0.2) is 0 Å². The molecule has 0 aromatic heterocycles. The largest absolute Gasteiger partial charge is 0.300 e. The summed E-state index contributed by atoms with van der Waals surface area (Å²) in [5.41, 5.74) is 0. The van der Waals surface area contributed by atoms with Gasteiger partial charge in [0.1, 0.15) is 5.78 Å². The molecule has 0 aliphatic rings. The number of carbonyl (C=O) groups is 1. The molecule has 2 radical (unpaired) electrons. The highest BCUT2D eigenvalue weighted by molar-refractivity contribution is 5.75. The van der Waals surface area contributed by atoms with Crippen LogP contribution >= 0.6 is 0 Å². The molecule has 0 spiro atoms. The molecule has 1 nitrogen and oxygen atoms in total. The van der Waals surface area contributed by atoms with E-state index in [4.69, 9.17) is 6.92 Å². The van der Waals surface area contributed by atoms with Crippen LogP contribution in [0.3, 0.4) is 0 Å². The highest BCUT2D eigenvalue weighted by Crippen LogP contribution is 1.92. The summed E-state index contributed by atoms with van der Waals surface area (Å²) in [4.78, 5) is 10.1. The first-order chi connectivity index (χ1) is 3.27. The van der Waals surface area contributed by atoms with Crippen LogP contribution in [-0.2, 0) is 4.79 Å². The minimum absolute atomic E-state index is 0.227. The fourth-order valence-corrected chi connectivity index (χ4v) is 0.351. The van der Waals surface area contributed by atoms with Crippen molar-refractivity contribution in [3.63, 3.8) is 0 Å². The normalized spacial score (nSPS) is 8.86. The third kappa shape index (κ3) is 5.67. The predicted octanol–water partition coefficient (Wildman–Crippen LogP) is 1.46. The number of rotatable bonds is 3. The molecular formula is C6H10O. The molecule has 0 bridgehead atoms. The topological polar surface area (TPSA) is 17.1 Å². The first-order valence-corrected chi connectivity index (χ1v) is 2.47. The van der Waals surface area contributed by atoms with E-state index < -0.39 is 0 Å². The first-order valence-electron chi connectivity index (χ1n) is 2.47. The minimum atomic E-state index is 0.227. The van der Waals surface area contributed by atoms with Crippen molar-refractivity contribution in [3.05, 3.63) is 6.92 Å². The summed E-state index contributed by atoms with van der Waals surface area (Å²) in [6.45, 7) is 6.70. The standard InChI is InChI=1S/C6H10O/c1-3-4-5-6(2)7/h1H,3-5H2,2H3. The molecule has 0 aromatic rings. The van der Waals surface area contributed by atoms with Gasteiger partial charge in [-0.2, -0.15) is 0 Å². The molecule has 0 aliphatic carbocycles. The van der Waals surface area contributed by atoms with Crippen LogP contribution in [0, 0.1) is 6.92 Å². The molecule has 0 aliphatic heterocycles. The summed E-state index contributed by atoms with van der Waals surface area (Å²) in [5.74, 6) is 0.227. The molecule has 40 valence electrons. The van der Waals surface area contributed by atoms with Crippen LogP contribution in [0.5, 0.6) is 0 Å². The Morgan fingerprint density at radius 3 is 2.43 bits per heavy atom. The smallest absolute Gasteiger partial charge is 0.129 e. The van der Waals surface area contributed by atoms with Gasteiger partial charge in [-0.15, -0.1) is 0 Å². The second-order valence-corrected chi connectivity index (χ2v) is 1.59. The van der Waals surface area contributed by atoms with E-state index in [-0.39, 0.29) is 5.78 Å². The Kier molecular flexibility index (Phi) is 3.67. The maximum Gasteiger partial charge on any atom is 0.129 e. The van der Waals surface area contributed by atoms with Crippen LogP contribution in [-0.4, -0.2) is 5.78 Å². The number of unbranched alkanes of at least 4 members (excludes halogenated alkanes) is 1. The maximum atomic E-state index is 10.1. The Labute approximate surface area is 44.7 Å². The lowest BCUT2D eigenvalue weighted by atomic mass is 10.2. The van der Waals surface area contributed by atoms with E-state index in [0.29, 0.717) is 12.8 Å². The predicted molar refractivity (Wildman–Crippen MR) is 28.8 cm³/mol. The van der Waals surface area contributed by atoms with E-state index in [1.807, 2.05) is 0 Å². The van der Waals surface area contributed by atoms with Gasteiger partial charge in [0.15, 0.2) is 0 Å². The Morgan fingerprint density at radius 2 is 2.29 bits per heavy atom. The first kappa shape index (κ1) is 6.67. The lowest BCUT2D eigenvalue weighted by Crippen LogP contribution is -1.86. The van der Waals surface area contributed by atoms with Gasteiger partial charge in [0, 0.05) is 6.42 Å². The second kappa shape index (κ2) is 3.85. The molecule has 0 atom stereocenters. The third-order valence-corrected chi connectivity index (χ3v) is 0.733. The van der Waals surface area contributed by atoms with Gasteiger partial charge in [0.2, 0.25) is 0 Å². The monoisotopic (exact) mass is 98.1 g/mol. The summed E-state index contributed by atoms with van der Waals surface area (Å²) in [6.07, 6.45) is 2.09. The van der Waals surface area contributed by atoms with E-state index in [1.165, 1.54) is 0 Å². The highest BCUT2D eigenvalue weighted by Gasteiger charge is 1.87. The summed E-state index contributed by atoms with van der Waals surface area (Å²) in [7, 11) is 0. The quantitative estimate of drug-likeness (QED) is 0.522. The molecule has 0 aromatic carbocycles. The van der Waals surface area contributed by atoms with Crippen LogP contribution in [0.1, 0.15) is 26.2 Å². The van der Waals surface area contributed by atoms with Crippen molar-refractivity contribution in [3.8, 4) is 0 Å². The van der Waals surface area contributed by atoms with Gasteiger partial charge in [-0.25, -0.2) is 0 Å². The lowest BCUT2D eigenvalue weighted by Gasteiger charge is -1.86. The molecule has 7 heavy (non-hydrogen) atoms. The minimum Gasteiger partial charge on any atom is -0.300 e. The van der Waals surface area contributed by atoms with E-state index in [0.717, 1.165) is 6.42 Å². The zero-order valence-corrected chi connectivity index (χ0v) is 4.61. The van der Waals surface area contributed by atoms with Gasteiger partial charge < -0.3 is 4.79 Å². The van der Waals surface area contributed by atoms with Crippen molar-refractivity contribution in [1.29, 1.82) is 0 Å². The number of hydrogen-bond acceptors (Lipinski definition) is 1. The fraction of sp³-hybridized carbons (Fsp3) is 0.667. The molecular weight excluding hydrogens is 88.1 g/mol. The number of ketones is 1. The molecule has 1 heteroatoms. The van der Waals surface area contributed by atoms with Crippen molar-refractivity contribution in [2.75, 3.05) is 0 Å². The second-order valence-electron chi connectivity index (χ2n) is 1.59. The van der Waals surface area contributed by atoms with E-state index in [9.17, 15) is 4.79 Å². The Hall–Kier alpha value is -0.330. The summed E-state index contributed by atoms with van der Waals surface area (Å²) in [6, 6.07) is 0. The highest BCUT2D eigenvalue weighted by atomic mass is 16.1. The molecule has 0 unspecified atom stereocenters. The van der Waals surface area contributed by atoms with Crippen molar-refractivity contribution in [1.82, 2.24) is 0 Å². The summed E-state index contributed by atoms with van der Waals surface area (Å²) >= 11 is 0. The molecule has 0 rings (SSSR count). The van der Waals surface area contributed by atoms with Gasteiger partial charge in [-0.3, -0.25) is 0 Å². The molecule has 0 saturated heterocycles. The molecule has 0 N–H and O–H groups in total. The van der Waals surface area contributed by atoms with Crippen LogP contribution in [0.25, 0.3) is 0 Å². The number of carbonyl (C=O) groups excluding carboxylic acids is 1. The Morgan fingerprint density at radius 1 is 1.71 bits per heavy atom. The molecule has 0 fully saturated rings. The van der Waals surface area contributed by atoms with Gasteiger partial charge >= 0.3 is 0 Å². The van der Waals surface area contributed by atoms with Gasteiger partial charge in [0.05, 0.1) is 0 Å². The number of hydrogen-bond donors (Lipinski definition) is 0. The fourth-order valence-electron chi connectivity index (χ4n) is 0.351. The maximum absolute atomic E-state index is 10.1. The van der Waals surface area contributed by atoms with Crippen molar-refractivity contribution in [2.45, 2.75) is 26.2 Å². The van der Waals surface area contributed by atoms with E-state index in [1.54, 1.807) is 6.92 Å². The van der Waals surface area contributed by atoms with Crippen molar-refractivity contribution >= 4 is 5.78 Å². The zero-order valence-electron chi connectivity index (χ0n) is 4.61. The zero-order chi connectivity index (χ0) is 5.70. The summed E-state index contributed by atoms with van der Waals surface area (Å²) < 4.78 is 0. The molecule has 0 heterocycles. The lowest BCUT2D eigenvalue weighted by molar-refractivity contribution is -0.117. The SMILES string of the molecule is [CH]CCCC(C)=O. The molecule has 0 saturated carbocycles. The van der Waals surface area contributed by atoms with E-state index in [2.05, 4.69) is 0 Å². The van der Waals surface area contributed by atoms with E-state index >= 15 is 0 Å². The average molecular weight is 98.1 g/mol. The third-order valence-electron chi connectivity index (χ3n) is 0.733. The Bertz CT molecular complexity index is 57.2.